The number of hydrogen-bond donors (Lipinski definition) is 1. The quantitative estimate of drug-likeness (QED) is 0.662. The van der Waals surface area contributed by atoms with Gasteiger partial charge >= 0.3 is 0 Å². The summed E-state index contributed by atoms with van der Waals surface area (Å²) in [5, 5.41) is 10.2. The number of hydrogen-bond acceptors (Lipinski definition) is 3. The van der Waals surface area contributed by atoms with Crippen molar-refractivity contribution in [1.29, 1.82) is 0 Å². The lowest BCUT2D eigenvalue weighted by molar-refractivity contribution is 0.277. The first-order chi connectivity index (χ1) is 11.7. The monoisotopic (exact) mass is 342 g/mol. The smallest absolute Gasteiger partial charge is 0.168 e. The summed E-state index contributed by atoms with van der Waals surface area (Å²) in [6.07, 6.45) is 2.82. The van der Waals surface area contributed by atoms with Gasteiger partial charge in [0, 0.05) is 18.5 Å². The summed E-state index contributed by atoms with van der Waals surface area (Å²) in [6.45, 7) is 0.531. The lowest BCUT2D eigenvalue weighted by Gasteiger charge is -2.07. The van der Waals surface area contributed by atoms with E-state index in [0.29, 0.717) is 12.2 Å². The fourth-order valence-corrected chi connectivity index (χ4v) is 3.43. The van der Waals surface area contributed by atoms with Crippen LogP contribution >= 0.6 is 11.8 Å². The van der Waals surface area contributed by atoms with Crippen LogP contribution in [0.4, 0.5) is 4.39 Å². The van der Waals surface area contributed by atoms with Crippen LogP contribution in [0.5, 0.6) is 0 Å². The van der Waals surface area contributed by atoms with Crippen LogP contribution in [0.2, 0.25) is 0 Å². The fraction of sp³-hybridized carbons (Fsp3) is 0.211. The van der Waals surface area contributed by atoms with Gasteiger partial charge in [-0.25, -0.2) is 9.37 Å². The second kappa shape index (κ2) is 8.13. The molecule has 0 fully saturated rings. The number of thioether (sulfide) groups is 1. The molecule has 0 aliphatic carbocycles. The molecule has 0 bridgehead atoms. The Kier molecular flexibility index (Phi) is 5.67. The van der Waals surface area contributed by atoms with Crippen LogP contribution in [0.3, 0.4) is 0 Å². The predicted octanol–water partition coefficient (Wildman–Crippen LogP) is 3.90. The summed E-state index contributed by atoms with van der Waals surface area (Å²) in [5.74, 6) is 0.674. The van der Waals surface area contributed by atoms with Gasteiger partial charge in [-0.2, -0.15) is 0 Å². The summed E-state index contributed by atoms with van der Waals surface area (Å²) < 4.78 is 15.0. The molecular formula is C19H19FN2OS. The molecule has 1 heterocycles. The number of aliphatic hydroxyl groups is 1. The van der Waals surface area contributed by atoms with Crippen molar-refractivity contribution in [3.63, 3.8) is 0 Å². The van der Waals surface area contributed by atoms with Crippen LogP contribution in [0, 0.1) is 5.82 Å². The average molecular weight is 342 g/mol. The molecule has 3 aromatic rings. The lowest BCUT2D eigenvalue weighted by Crippen LogP contribution is -2.01. The molecule has 3 rings (SSSR count). The Bertz CT molecular complexity index is 772. The molecule has 3 nitrogen and oxygen atoms in total. The Morgan fingerprint density at radius 2 is 1.75 bits per heavy atom. The van der Waals surface area contributed by atoms with Crippen molar-refractivity contribution in [3.05, 3.63) is 83.4 Å². The molecule has 24 heavy (non-hydrogen) atoms. The Morgan fingerprint density at radius 3 is 2.46 bits per heavy atom. The van der Waals surface area contributed by atoms with E-state index in [1.54, 1.807) is 23.9 Å². The topological polar surface area (TPSA) is 38.0 Å². The van der Waals surface area contributed by atoms with Gasteiger partial charge in [0.25, 0.3) is 0 Å². The molecule has 2 aromatic carbocycles. The number of aliphatic hydroxyl groups excluding tert-OH is 1. The predicted molar refractivity (Wildman–Crippen MR) is 94.5 cm³/mol. The van der Waals surface area contributed by atoms with Crippen molar-refractivity contribution >= 4 is 11.8 Å². The normalized spacial score (nSPS) is 10.9. The second-order valence-electron chi connectivity index (χ2n) is 5.51. The van der Waals surface area contributed by atoms with E-state index in [9.17, 15) is 9.50 Å². The molecule has 1 N–H and O–H groups in total. The number of rotatable bonds is 7. The molecule has 1 aromatic heterocycles. The van der Waals surface area contributed by atoms with Crippen molar-refractivity contribution in [2.24, 2.45) is 0 Å². The van der Waals surface area contributed by atoms with Crippen LogP contribution < -0.4 is 0 Å². The molecule has 0 saturated carbocycles. The van der Waals surface area contributed by atoms with Gasteiger partial charge < -0.3 is 9.67 Å². The largest absolute Gasteiger partial charge is 0.390 e. The van der Waals surface area contributed by atoms with Gasteiger partial charge in [-0.3, -0.25) is 0 Å². The first-order valence-corrected chi connectivity index (χ1v) is 8.81. The van der Waals surface area contributed by atoms with Gasteiger partial charge in [0.05, 0.1) is 12.3 Å². The van der Waals surface area contributed by atoms with Gasteiger partial charge in [-0.1, -0.05) is 54.2 Å². The van der Waals surface area contributed by atoms with E-state index in [4.69, 9.17) is 0 Å². The van der Waals surface area contributed by atoms with E-state index >= 15 is 0 Å². The zero-order valence-electron chi connectivity index (χ0n) is 13.2. The third kappa shape index (κ3) is 4.46. The van der Waals surface area contributed by atoms with Crippen molar-refractivity contribution < 1.29 is 9.50 Å². The number of aryl methyl sites for hydroxylation is 1. The standard InChI is InChI=1S/C19H19FN2OS/c20-17-8-6-16(7-9-17)12-22-13-18(14-23)21-19(22)24-11-10-15-4-2-1-3-5-15/h1-9,13,23H,10-12,14H2. The van der Waals surface area contributed by atoms with E-state index in [0.717, 1.165) is 22.9 Å². The SMILES string of the molecule is OCc1cn(Cc2ccc(F)cc2)c(SCCc2ccccc2)n1. The minimum Gasteiger partial charge on any atom is -0.390 e. The van der Waals surface area contributed by atoms with E-state index in [1.165, 1.54) is 17.7 Å². The number of imidazole rings is 1. The van der Waals surface area contributed by atoms with E-state index < -0.39 is 0 Å². The number of benzene rings is 2. The first-order valence-electron chi connectivity index (χ1n) is 7.82. The highest BCUT2D eigenvalue weighted by Crippen LogP contribution is 2.21. The Labute approximate surface area is 145 Å². The average Bonchev–Trinajstić information content (AvgIpc) is 3.00. The molecule has 5 heteroatoms. The van der Waals surface area contributed by atoms with Gasteiger partial charge in [-0.05, 0) is 29.7 Å². The Hall–Kier alpha value is -2.11. The Balaban J connectivity index is 1.67. The second-order valence-corrected chi connectivity index (χ2v) is 6.57. The molecule has 0 spiro atoms. The molecule has 0 amide bonds. The summed E-state index contributed by atoms with van der Waals surface area (Å²) >= 11 is 1.67. The molecule has 0 saturated heterocycles. The van der Waals surface area contributed by atoms with Gasteiger partial charge in [0.15, 0.2) is 5.16 Å². The van der Waals surface area contributed by atoms with Crippen molar-refractivity contribution in [1.82, 2.24) is 9.55 Å². The summed E-state index contributed by atoms with van der Waals surface area (Å²) in [6, 6.07) is 16.8. The zero-order valence-corrected chi connectivity index (χ0v) is 14.0. The third-order valence-corrected chi connectivity index (χ3v) is 4.67. The van der Waals surface area contributed by atoms with Crippen molar-refractivity contribution in [2.75, 3.05) is 5.75 Å². The number of aromatic nitrogens is 2. The van der Waals surface area contributed by atoms with Crippen LogP contribution in [-0.2, 0) is 19.6 Å². The van der Waals surface area contributed by atoms with Crippen LogP contribution in [0.1, 0.15) is 16.8 Å². The fourth-order valence-electron chi connectivity index (χ4n) is 2.45. The third-order valence-electron chi connectivity index (χ3n) is 3.68. The minimum atomic E-state index is -0.238. The number of halogens is 1. The summed E-state index contributed by atoms with van der Waals surface area (Å²) in [7, 11) is 0. The van der Waals surface area contributed by atoms with Crippen LogP contribution in [0.25, 0.3) is 0 Å². The molecule has 0 aliphatic rings. The zero-order chi connectivity index (χ0) is 16.8. The maximum absolute atomic E-state index is 13.0. The molecular weight excluding hydrogens is 323 g/mol. The van der Waals surface area contributed by atoms with Crippen molar-refractivity contribution in [2.45, 2.75) is 24.7 Å². The highest BCUT2D eigenvalue weighted by atomic mass is 32.2. The van der Waals surface area contributed by atoms with Crippen LogP contribution in [0.15, 0.2) is 66.0 Å². The Morgan fingerprint density at radius 1 is 1.00 bits per heavy atom. The highest BCUT2D eigenvalue weighted by molar-refractivity contribution is 7.99. The first kappa shape index (κ1) is 16.7. The molecule has 0 atom stereocenters. The summed E-state index contributed by atoms with van der Waals surface area (Å²) in [5.41, 5.74) is 2.95. The van der Waals surface area contributed by atoms with Crippen molar-refractivity contribution in [3.8, 4) is 0 Å². The van der Waals surface area contributed by atoms with Gasteiger partial charge in [-0.15, -0.1) is 0 Å². The molecule has 0 radical (unpaired) electrons. The van der Waals surface area contributed by atoms with Gasteiger partial charge in [0.2, 0.25) is 0 Å². The summed E-state index contributed by atoms with van der Waals surface area (Å²) in [4.78, 5) is 4.48. The van der Waals surface area contributed by atoms with E-state index in [1.807, 2.05) is 29.0 Å². The van der Waals surface area contributed by atoms with Crippen LogP contribution in [-0.4, -0.2) is 20.4 Å². The number of nitrogens with zero attached hydrogens (tertiary/aromatic N) is 2. The maximum atomic E-state index is 13.0. The lowest BCUT2D eigenvalue weighted by atomic mass is 10.2. The molecule has 0 aliphatic heterocycles. The van der Waals surface area contributed by atoms with E-state index in [2.05, 4.69) is 17.1 Å². The maximum Gasteiger partial charge on any atom is 0.168 e. The van der Waals surface area contributed by atoms with Gasteiger partial charge in [0.1, 0.15) is 5.82 Å². The molecule has 0 unspecified atom stereocenters. The highest BCUT2D eigenvalue weighted by Gasteiger charge is 2.09. The van der Waals surface area contributed by atoms with E-state index in [-0.39, 0.29) is 12.4 Å². The molecule has 124 valence electrons. The minimum absolute atomic E-state index is 0.0807.